The van der Waals surface area contributed by atoms with E-state index in [-0.39, 0.29) is 0 Å². The lowest BCUT2D eigenvalue weighted by atomic mass is 10.4. The number of hydrogen-bond acceptors (Lipinski definition) is 0. The van der Waals surface area contributed by atoms with Gasteiger partial charge in [-0.05, 0) is 0 Å². The summed E-state index contributed by atoms with van der Waals surface area (Å²) < 4.78 is 1.02. The van der Waals surface area contributed by atoms with E-state index in [9.17, 15) is 0 Å². The van der Waals surface area contributed by atoms with Crippen LogP contribution in [0.5, 0.6) is 0 Å². The molecule has 0 amide bonds. The van der Waals surface area contributed by atoms with E-state index in [1.165, 1.54) is 0 Å². The summed E-state index contributed by atoms with van der Waals surface area (Å²) in [6, 6.07) is 0. The molecule has 1 atom stereocenters. The fourth-order valence-electron chi connectivity index (χ4n) is 0.643. The summed E-state index contributed by atoms with van der Waals surface area (Å²) in [6.45, 7) is 1.16. The number of quaternary nitrogens is 1. The van der Waals surface area contributed by atoms with Crippen LogP contribution in [-0.2, 0) is 0 Å². The molecule has 56 valence electrons. The van der Waals surface area contributed by atoms with Gasteiger partial charge in [-0.1, -0.05) is 31.9 Å². The molecule has 0 saturated heterocycles. The topological polar surface area (TPSA) is 0 Å². The van der Waals surface area contributed by atoms with Crippen LogP contribution in [0.4, 0.5) is 0 Å². The lowest BCUT2D eigenvalue weighted by Crippen LogP contribution is -2.39. The fourth-order valence-corrected chi connectivity index (χ4v) is 1.72. The van der Waals surface area contributed by atoms with Crippen molar-refractivity contribution in [2.24, 2.45) is 0 Å². The van der Waals surface area contributed by atoms with Crippen LogP contribution in [-0.4, -0.2) is 42.3 Å². The van der Waals surface area contributed by atoms with Gasteiger partial charge in [0.05, 0.1) is 32.5 Å². The monoisotopic (exact) mass is 258 g/mol. The summed E-state index contributed by atoms with van der Waals surface area (Å²) in [5.74, 6) is 0. The predicted molar refractivity (Wildman–Crippen MR) is 49.4 cm³/mol. The summed E-state index contributed by atoms with van der Waals surface area (Å²) in [7, 11) is 6.57. The number of nitrogens with zero attached hydrogens (tertiary/aromatic N) is 1. The minimum Gasteiger partial charge on any atom is -0.330 e. The highest BCUT2D eigenvalue weighted by Crippen LogP contribution is 2.07. The summed E-state index contributed by atoms with van der Waals surface area (Å²) in [4.78, 5) is 0.595. The third-order valence-electron chi connectivity index (χ3n) is 0.913. The lowest BCUT2D eigenvalue weighted by Gasteiger charge is -2.25. The van der Waals surface area contributed by atoms with Crippen LogP contribution >= 0.6 is 31.9 Å². The van der Waals surface area contributed by atoms with Gasteiger partial charge in [0.2, 0.25) is 0 Å². The Morgan fingerprint density at radius 2 is 1.78 bits per heavy atom. The second-order valence-electron chi connectivity index (χ2n) is 3.22. The first-order chi connectivity index (χ1) is 3.95. The molecule has 0 saturated carbocycles. The standard InChI is InChI=1S/C6H14Br2N/c1-9(2,3)5-6(8)4-7/h6H,4-5H2,1-3H3/q+1. The van der Waals surface area contributed by atoms with Gasteiger partial charge in [0.15, 0.2) is 0 Å². The van der Waals surface area contributed by atoms with Crippen LogP contribution in [0.3, 0.4) is 0 Å². The molecule has 0 rings (SSSR count). The molecule has 0 aromatic rings. The number of alkyl halides is 2. The van der Waals surface area contributed by atoms with Crippen LogP contribution in [0, 0.1) is 0 Å². The van der Waals surface area contributed by atoms with E-state index < -0.39 is 0 Å². The van der Waals surface area contributed by atoms with Crippen molar-refractivity contribution in [1.29, 1.82) is 0 Å². The minimum absolute atomic E-state index is 0.595. The maximum absolute atomic E-state index is 3.55. The van der Waals surface area contributed by atoms with Crippen molar-refractivity contribution in [1.82, 2.24) is 0 Å². The van der Waals surface area contributed by atoms with Gasteiger partial charge in [-0.3, -0.25) is 0 Å². The Morgan fingerprint density at radius 3 is 1.89 bits per heavy atom. The number of hydrogen-bond donors (Lipinski definition) is 0. The molecule has 0 aliphatic carbocycles. The van der Waals surface area contributed by atoms with Crippen molar-refractivity contribution in [3.05, 3.63) is 0 Å². The molecule has 0 heterocycles. The zero-order chi connectivity index (χ0) is 7.49. The van der Waals surface area contributed by atoms with Crippen LogP contribution in [0.25, 0.3) is 0 Å². The third-order valence-corrected chi connectivity index (χ3v) is 3.18. The second-order valence-corrected chi connectivity index (χ2v) is 5.17. The molecule has 0 aromatic carbocycles. The Bertz CT molecular complexity index is 77.6. The minimum atomic E-state index is 0.595. The molecule has 1 nitrogen and oxygen atoms in total. The summed E-state index contributed by atoms with van der Waals surface area (Å²) in [5, 5.41) is 1.03. The van der Waals surface area contributed by atoms with Gasteiger partial charge in [0.1, 0.15) is 0 Å². The molecule has 3 heteroatoms. The molecule has 0 spiro atoms. The maximum Gasteiger partial charge on any atom is 0.0915 e. The normalized spacial score (nSPS) is 15.7. The van der Waals surface area contributed by atoms with E-state index in [1.807, 2.05) is 0 Å². The van der Waals surface area contributed by atoms with Gasteiger partial charge in [-0.2, -0.15) is 0 Å². The largest absolute Gasteiger partial charge is 0.330 e. The molecule has 0 fully saturated rings. The van der Waals surface area contributed by atoms with E-state index in [1.54, 1.807) is 0 Å². The first-order valence-electron chi connectivity index (χ1n) is 2.96. The van der Waals surface area contributed by atoms with Crippen molar-refractivity contribution >= 4 is 31.9 Å². The average molecular weight is 260 g/mol. The first-order valence-corrected chi connectivity index (χ1v) is 5.00. The van der Waals surface area contributed by atoms with E-state index in [0.717, 1.165) is 16.4 Å². The van der Waals surface area contributed by atoms with E-state index in [4.69, 9.17) is 0 Å². The molecule has 0 aromatic heterocycles. The quantitative estimate of drug-likeness (QED) is 0.536. The van der Waals surface area contributed by atoms with Crippen LogP contribution < -0.4 is 0 Å². The van der Waals surface area contributed by atoms with Crippen molar-refractivity contribution in [2.45, 2.75) is 4.83 Å². The molecule has 9 heavy (non-hydrogen) atoms. The highest BCUT2D eigenvalue weighted by molar-refractivity contribution is 9.12. The Hall–Kier alpha value is 0.920. The Balaban J connectivity index is 3.47. The van der Waals surface area contributed by atoms with E-state index >= 15 is 0 Å². The molecular formula is C6H14Br2N+. The van der Waals surface area contributed by atoms with Gasteiger partial charge < -0.3 is 4.48 Å². The maximum atomic E-state index is 3.55. The average Bonchev–Trinajstić information content (AvgIpc) is 1.62. The van der Waals surface area contributed by atoms with E-state index in [0.29, 0.717) is 4.83 Å². The van der Waals surface area contributed by atoms with Gasteiger partial charge in [-0.25, -0.2) is 0 Å². The van der Waals surface area contributed by atoms with Crippen molar-refractivity contribution in [3.63, 3.8) is 0 Å². The lowest BCUT2D eigenvalue weighted by molar-refractivity contribution is -0.869. The zero-order valence-electron chi connectivity index (χ0n) is 6.19. The molecule has 0 radical (unpaired) electrons. The fraction of sp³-hybridized carbons (Fsp3) is 1.00. The molecule has 0 aliphatic heterocycles. The number of halogens is 2. The number of rotatable bonds is 3. The SMILES string of the molecule is C[N+](C)(C)CC(Br)CBr. The third kappa shape index (κ3) is 6.81. The van der Waals surface area contributed by atoms with Gasteiger partial charge in [-0.15, -0.1) is 0 Å². The Morgan fingerprint density at radius 1 is 1.33 bits per heavy atom. The summed E-state index contributed by atoms with van der Waals surface area (Å²) in [6.07, 6.45) is 0. The molecular weight excluding hydrogens is 246 g/mol. The summed E-state index contributed by atoms with van der Waals surface area (Å²) in [5.41, 5.74) is 0. The predicted octanol–water partition coefficient (Wildman–Crippen LogP) is 1.85. The van der Waals surface area contributed by atoms with Crippen molar-refractivity contribution in [3.8, 4) is 0 Å². The second kappa shape index (κ2) is 3.94. The highest BCUT2D eigenvalue weighted by Gasteiger charge is 2.12. The van der Waals surface area contributed by atoms with E-state index in [2.05, 4.69) is 53.0 Å². The molecule has 0 aliphatic rings. The van der Waals surface area contributed by atoms with Gasteiger partial charge in [0.25, 0.3) is 0 Å². The first kappa shape index (κ1) is 9.92. The van der Waals surface area contributed by atoms with Crippen molar-refractivity contribution in [2.75, 3.05) is 33.0 Å². The van der Waals surface area contributed by atoms with Gasteiger partial charge >= 0.3 is 0 Å². The smallest absolute Gasteiger partial charge is 0.0915 e. The zero-order valence-corrected chi connectivity index (χ0v) is 9.37. The molecule has 0 N–H and O–H groups in total. The highest BCUT2D eigenvalue weighted by atomic mass is 79.9. The Labute approximate surface area is 74.3 Å². The van der Waals surface area contributed by atoms with Gasteiger partial charge in [0, 0.05) is 5.33 Å². The Kier molecular flexibility index (Phi) is 4.34. The summed E-state index contributed by atoms with van der Waals surface area (Å²) >= 11 is 6.96. The van der Waals surface area contributed by atoms with Crippen molar-refractivity contribution < 1.29 is 4.48 Å². The molecule has 0 bridgehead atoms. The molecule has 1 unspecified atom stereocenters. The van der Waals surface area contributed by atoms with Crippen LogP contribution in [0.2, 0.25) is 0 Å². The van der Waals surface area contributed by atoms with Crippen LogP contribution in [0.15, 0.2) is 0 Å². The van der Waals surface area contributed by atoms with Crippen LogP contribution in [0.1, 0.15) is 0 Å².